The van der Waals surface area contributed by atoms with Gasteiger partial charge in [-0.3, -0.25) is 0 Å². The van der Waals surface area contributed by atoms with Crippen molar-refractivity contribution < 1.29 is 18.3 Å². The van der Waals surface area contributed by atoms with Gasteiger partial charge in [0.2, 0.25) is 0 Å². The van der Waals surface area contributed by atoms with Crippen molar-refractivity contribution in [3.63, 3.8) is 0 Å². The number of carbonyl (C=O) groups excluding carboxylic acids is 1. The molecule has 0 spiro atoms. The van der Waals surface area contributed by atoms with Crippen LogP contribution in [0.3, 0.4) is 0 Å². The third-order valence-electron chi connectivity index (χ3n) is 3.21. The number of ether oxygens (including phenoxy) is 1. The highest BCUT2D eigenvalue weighted by atomic mass is 19.1. The molecule has 0 unspecified atom stereocenters. The van der Waals surface area contributed by atoms with Gasteiger partial charge in [-0.05, 0) is 31.5 Å². The van der Waals surface area contributed by atoms with Gasteiger partial charge in [0.1, 0.15) is 17.4 Å². The number of carbonyl (C=O) groups is 1. The summed E-state index contributed by atoms with van der Waals surface area (Å²) in [7, 11) is 0. The van der Waals surface area contributed by atoms with Crippen LogP contribution in [-0.2, 0) is 14.9 Å². The van der Waals surface area contributed by atoms with E-state index in [9.17, 15) is 13.6 Å². The molecule has 0 aliphatic carbocycles. The maximum Gasteiger partial charge on any atom is 0.129 e. The number of hydrogen-bond donors (Lipinski definition) is 0. The Kier molecular flexibility index (Phi) is 3.24. The predicted octanol–water partition coefficient (Wildman–Crippen LogP) is 2.60. The van der Waals surface area contributed by atoms with Gasteiger partial charge < -0.3 is 9.53 Å². The number of halogens is 2. The molecule has 0 radical (unpaired) electrons. The van der Waals surface area contributed by atoms with Crippen LogP contribution in [0.4, 0.5) is 8.78 Å². The molecular weight excluding hydrogens is 226 g/mol. The first-order valence-electron chi connectivity index (χ1n) is 5.56. The molecule has 0 bridgehead atoms. The largest absolute Gasteiger partial charge is 0.379 e. The maximum atomic E-state index is 13.7. The van der Waals surface area contributed by atoms with Gasteiger partial charge in [0.15, 0.2) is 0 Å². The summed E-state index contributed by atoms with van der Waals surface area (Å²) >= 11 is 0. The Labute approximate surface area is 98.6 Å². The van der Waals surface area contributed by atoms with Crippen LogP contribution in [0.25, 0.3) is 0 Å². The van der Waals surface area contributed by atoms with Crippen molar-refractivity contribution >= 4 is 5.78 Å². The summed E-state index contributed by atoms with van der Waals surface area (Å²) in [6, 6.07) is 3.42. The van der Waals surface area contributed by atoms with Crippen LogP contribution in [-0.4, -0.2) is 19.0 Å². The molecule has 0 saturated carbocycles. The lowest BCUT2D eigenvalue weighted by Crippen LogP contribution is -2.47. The van der Waals surface area contributed by atoms with Gasteiger partial charge >= 0.3 is 0 Å². The summed E-state index contributed by atoms with van der Waals surface area (Å²) in [6.07, 6.45) is 0.863. The van der Waals surface area contributed by atoms with Crippen LogP contribution >= 0.6 is 0 Å². The average Bonchev–Trinajstić information content (AvgIpc) is 2.21. The van der Waals surface area contributed by atoms with Crippen LogP contribution < -0.4 is 0 Å². The molecule has 1 aliphatic rings. The normalized spacial score (nSPS) is 17.6. The van der Waals surface area contributed by atoms with Crippen LogP contribution in [0.5, 0.6) is 0 Å². The molecule has 1 aliphatic heterocycles. The molecule has 1 aromatic carbocycles. The van der Waals surface area contributed by atoms with E-state index in [-0.39, 0.29) is 5.78 Å². The van der Waals surface area contributed by atoms with Gasteiger partial charge in [0, 0.05) is 17.4 Å². The fourth-order valence-corrected chi connectivity index (χ4v) is 2.10. The fourth-order valence-electron chi connectivity index (χ4n) is 2.10. The van der Waals surface area contributed by atoms with Gasteiger partial charge in [-0.2, -0.15) is 0 Å². The summed E-state index contributed by atoms with van der Waals surface area (Å²) in [5, 5.41) is 0. The lowest BCUT2D eigenvalue weighted by atomic mass is 9.74. The molecule has 1 heterocycles. The molecule has 1 aromatic rings. The topological polar surface area (TPSA) is 26.3 Å². The van der Waals surface area contributed by atoms with Crippen molar-refractivity contribution in [1.82, 2.24) is 0 Å². The Hall–Kier alpha value is -1.29. The number of ketones is 1. The van der Waals surface area contributed by atoms with E-state index < -0.39 is 17.0 Å². The molecule has 0 amide bonds. The third-order valence-corrected chi connectivity index (χ3v) is 3.21. The molecule has 1 fully saturated rings. The highest BCUT2D eigenvalue weighted by Crippen LogP contribution is 2.38. The molecule has 4 heteroatoms. The minimum absolute atomic E-state index is 0.0492. The van der Waals surface area contributed by atoms with Gasteiger partial charge in [-0.1, -0.05) is 0 Å². The van der Waals surface area contributed by atoms with E-state index in [0.717, 1.165) is 12.1 Å². The predicted molar refractivity (Wildman–Crippen MR) is 58.8 cm³/mol. The Morgan fingerprint density at radius 3 is 2.65 bits per heavy atom. The van der Waals surface area contributed by atoms with Crippen molar-refractivity contribution in [3.8, 4) is 0 Å². The van der Waals surface area contributed by atoms with Crippen molar-refractivity contribution in [2.75, 3.05) is 13.2 Å². The van der Waals surface area contributed by atoms with E-state index in [0.29, 0.717) is 31.6 Å². The SMILES string of the molecule is CC(=O)CCC1(c2cc(F)ccc2F)COC1. The smallest absolute Gasteiger partial charge is 0.129 e. The van der Waals surface area contributed by atoms with Crippen LogP contribution in [0, 0.1) is 11.6 Å². The second kappa shape index (κ2) is 4.53. The monoisotopic (exact) mass is 240 g/mol. The fraction of sp³-hybridized carbons (Fsp3) is 0.462. The highest BCUT2D eigenvalue weighted by Gasteiger charge is 2.42. The Bertz CT molecular complexity index is 439. The zero-order valence-corrected chi connectivity index (χ0v) is 9.63. The summed E-state index contributed by atoms with van der Waals surface area (Å²) in [5.74, 6) is -0.846. The first kappa shape index (κ1) is 12.2. The minimum Gasteiger partial charge on any atom is -0.379 e. The maximum absolute atomic E-state index is 13.7. The lowest BCUT2D eigenvalue weighted by Gasteiger charge is -2.42. The van der Waals surface area contributed by atoms with Crippen LogP contribution in [0.15, 0.2) is 18.2 Å². The Balaban J connectivity index is 2.27. The van der Waals surface area contributed by atoms with E-state index in [1.54, 1.807) is 0 Å². The van der Waals surface area contributed by atoms with Gasteiger partial charge in [-0.15, -0.1) is 0 Å². The molecular formula is C13H14F2O2. The molecule has 0 aromatic heterocycles. The molecule has 0 N–H and O–H groups in total. The first-order valence-corrected chi connectivity index (χ1v) is 5.56. The summed E-state index contributed by atoms with van der Waals surface area (Å²) in [5.41, 5.74) is -0.206. The second-order valence-electron chi connectivity index (χ2n) is 4.60. The Morgan fingerprint density at radius 2 is 2.12 bits per heavy atom. The van der Waals surface area contributed by atoms with Crippen molar-refractivity contribution in [2.45, 2.75) is 25.2 Å². The lowest BCUT2D eigenvalue weighted by molar-refractivity contribution is -0.119. The van der Waals surface area contributed by atoms with Crippen molar-refractivity contribution in [1.29, 1.82) is 0 Å². The summed E-state index contributed by atoms with van der Waals surface area (Å²) < 4.78 is 32.0. The molecule has 92 valence electrons. The summed E-state index contributed by atoms with van der Waals surface area (Å²) in [6.45, 7) is 2.19. The average molecular weight is 240 g/mol. The van der Waals surface area contributed by atoms with Crippen molar-refractivity contribution in [3.05, 3.63) is 35.4 Å². The van der Waals surface area contributed by atoms with Gasteiger partial charge in [0.05, 0.1) is 13.2 Å². The Morgan fingerprint density at radius 1 is 1.41 bits per heavy atom. The first-order chi connectivity index (χ1) is 8.03. The number of Topliss-reactive ketones (excluding diaryl/α,β-unsaturated/α-hetero) is 1. The number of benzene rings is 1. The summed E-state index contributed by atoms with van der Waals surface area (Å²) in [4.78, 5) is 11.0. The third kappa shape index (κ3) is 2.36. The molecule has 0 atom stereocenters. The van der Waals surface area contributed by atoms with E-state index in [2.05, 4.69) is 0 Å². The zero-order valence-electron chi connectivity index (χ0n) is 9.63. The van der Waals surface area contributed by atoms with Crippen LogP contribution in [0.1, 0.15) is 25.3 Å². The van der Waals surface area contributed by atoms with E-state index in [1.165, 1.54) is 13.0 Å². The quantitative estimate of drug-likeness (QED) is 0.808. The zero-order chi connectivity index (χ0) is 12.5. The highest BCUT2D eigenvalue weighted by molar-refractivity contribution is 5.75. The van der Waals surface area contributed by atoms with Crippen LogP contribution in [0.2, 0.25) is 0 Å². The van der Waals surface area contributed by atoms with Gasteiger partial charge in [0.25, 0.3) is 0 Å². The number of rotatable bonds is 4. The number of hydrogen-bond acceptors (Lipinski definition) is 2. The molecule has 1 saturated heterocycles. The molecule has 2 rings (SSSR count). The molecule has 2 nitrogen and oxygen atoms in total. The molecule has 17 heavy (non-hydrogen) atoms. The standard InChI is InChI=1S/C13H14F2O2/c1-9(16)4-5-13(7-17-8-13)11-6-10(14)2-3-12(11)15/h2-3,6H,4-5,7-8H2,1H3. The second-order valence-corrected chi connectivity index (χ2v) is 4.60. The van der Waals surface area contributed by atoms with E-state index in [4.69, 9.17) is 4.74 Å². The van der Waals surface area contributed by atoms with E-state index in [1.807, 2.05) is 0 Å². The van der Waals surface area contributed by atoms with Gasteiger partial charge in [-0.25, -0.2) is 8.78 Å². The van der Waals surface area contributed by atoms with E-state index >= 15 is 0 Å². The minimum atomic E-state index is -0.530. The van der Waals surface area contributed by atoms with Crippen molar-refractivity contribution in [2.24, 2.45) is 0 Å².